The summed E-state index contributed by atoms with van der Waals surface area (Å²) in [5.74, 6) is 0.0512. The summed E-state index contributed by atoms with van der Waals surface area (Å²) in [4.78, 5) is 29.8. The van der Waals surface area contributed by atoms with Crippen molar-refractivity contribution in [2.24, 2.45) is 0 Å². The van der Waals surface area contributed by atoms with Crippen molar-refractivity contribution in [3.05, 3.63) is 88.2 Å². The van der Waals surface area contributed by atoms with Crippen molar-refractivity contribution in [3.63, 3.8) is 0 Å². The van der Waals surface area contributed by atoms with Gasteiger partial charge in [0.25, 0.3) is 0 Å². The van der Waals surface area contributed by atoms with E-state index in [2.05, 4.69) is 20.9 Å². The third-order valence-electron chi connectivity index (χ3n) is 4.47. The Hall–Kier alpha value is -3.04. The number of urea groups is 1. The van der Waals surface area contributed by atoms with Gasteiger partial charge in [0.1, 0.15) is 0 Å². The Morgan fingerprint density at radius 3 is 2.29 bits per heavy atom. The van der Waals surface area contributed by atoms with Crippen LogP contribution in [0, 0.1) is 0 Å². The average molecular weight is 529 g/mol. The zero-order valence-corrected chi connectivity index (χ0v) is 20.7. The lowest BCUT2D eigenvalue weighted by atomic mass is 10.2. The number of aromatic nitrogens is 1. The Balaban J connectivity index is 1.25. The van der Waals surface area contributed by atoms with Crippen molar-refractivity contribution in [1.82, 2.24) is 4.98 Å². The number of thiazole rings is 1. The van der Waals surface area contributed by atoms with Gasteiger partial charge in [0.05, 0.1) is 16.5 Å². The highest BCUT2D eigenvalue weighted by atomic mass is 35.5. The number of carbonyl (C=O) groups excluding carboxylic acids is 2. The minimum absolute atomic E-state index is 0.169. The predicted molar refractivity (Wildman–Crippen MR) is 142 cm³/mol. The second-order valence-corrected chi connectivity index (χ2v) is 9.72. The van der Waals surface area contributed by atoms with Crippen LogP contribution in [0.2, 0.25) is 10.0 Å². The van der Waals surface area contributed by atoms with Gasteiger partial charge in [-0.15, -0.1) is 23.1 Å². The van der Waals surface area contributed by atoms with Gasteiger partial charge in [0.2, 0.25) is 5.91 Å². The van der Waals surface area contributed by atoms with Gasteiger partial charge in [-0.05, 0) is 54.6 Å². The van der Waals surface area contributed by atoms with Gasteiger partial charge in [-0.1, -0.05) is 41.4 Å². The van der Waals surface area contributed by atoms with E-state index in [4.69, 9.17) is 23.2 Å². The fourth-order valence-electron chi connectivity index (χ4n) is 2.91. The van der Waals surface area contributed by atoms with Crippen LogP contribution in [-0.2, 0) is 4.79 Å². The first kappa shape index (κ1) is 24.1. The number of hydrogen-bond donors (Lipinski definition) is 3. The van der Waals surface area contributed by atoms with Gasteiger partial charge < -0.3 is 16.0 Å². The first-order valence-electron chi connectivity index (χ1n) is 10.0. The summed E-state index contributed by atoms with van der Waals surface area (Å²) in [5, 5.41) is 11.7. The molecule has 6 nitrogen and oxygen atoms in total. The van der Waals surface area contributed by atoms with Gasteiger partial charge >= 0.3 is 6.03 Å². The highest BCUT2D eigenvalue weighted by Crippen LogP contribution is 2.32. The van der Waals surface area contributed by atoms with Crippen molar-refractivity contribution in [2.75, 3.05) is 21.7 Å². The first-order chi connectivity index (χ1) is 16.5. The zero-order chi connectivity index (χ0) is 23.9. The van der Waals surface area contributed by atoms with Crippen molar-refractivity contribution < 1.29 is 9.59 Å². The van der Waals surface area contributed by atoms with Gasteiger partial charge in [0, 0.05) is 32.2 Å². The minimum Gasteiger partial charge on any atom is -0.308 e. The lowest BCUT2D eigenvalue weighted by Crippen LogP contribution is -2.19. The lowest BCUT2D eigenvalue weighted by molar-refractivity contribution is -0.113. The quantitative estimate of drug-likeness (QED) is 0.217. The zero-order valence-electron chi connectivity index (χ0n) is 17.5. The van der Waals surface area contributed by atoms with E-state index in [1.54, 1.807) is 30.3 Å². The van der Waals surface area contributed by atoms with Crippen LogP contribution in [0.1, 0.15) is 0 Å². The summed E-state index contributed by atoms with van der Waals surface area (Å²) in [7, 11) is 0. The van der Waals surface area contributed by atoms with Gasteiger partial charge in [-0.25, -0.2) is 9.78 Å². The van der Waals surface area contributed by atoms with Crippen LogP contribution in [0.3, 0.4) is 0 Å². The number of hydrogen-bond acceptors (Lipinski definition) is 5. The summed E-state index contributed by atoms with van der Waals surface area (Å²) in [5.41, 5.74) is 2.79. The normalized spacial score (nSPS) is 10.5. The topological polar surface area (TPSA) is 83.1 Å². The fourth-order valence-corrected chi connectivity index (χ4v) is 4.84. The predicted octanol–water partition coefficient (Wildman–Crippen LogP) is 7.49. The van der Waals surface area contributed by atoms with E-state index in [9.17, 15) is 9.59 Å². The molecule has 1 aromatic heterocycles. The molecule has 0 aliphatic rings. The standard InChI is InChI=1S/C24H18Cl2N4O2S2/c25-15-6-11-19(20(26)12-15)21-13-34-24(29-21)30-22(31)14-33-18-9-7-17(8-10-18)28-23(32)27-16-4-2-1-3-5-16/h1-13H,14H2,(H2,27,28,32)(H,29,30,31). The van der Waals surface area contributed by atoms with Crippen LogP contribution >= 0.6 is 46.3 Å². The minimum atomic E-state index is -0.325. The molecule has 0 bridgehead atoms. The molecule has 3 N–H and O–H groups in total. The maximum Gasteiger partial charge on any atom is 0.323 e. The molecule has 3 aromatic carbocycles. The van der Waals surface area contributed by atoms with Gasteiger partial charge in [-0.2, -0.15) is 0 Å². The molecule has 3 amide bonds. The molecule has 4 aromatic rings. The smallest absolute Gasteiger partial charge is 0.308 e. The average Bonchev–Trinajstić information content (AvgIpc) is 3.27. The van der Waals surface area contributed by atoms with Gasteiger partial charge in [0.15, 0.2) is 5.13 Å². The number of nitrogens with zero attached hydrogens (tertiary/aromatic N) is 1. The molecule has 0 fully saturated rings. The number of thioether (sulfide) groups is 1. The number of benzene rings is 3. The van der Waals surface area contributed by atoms with E-state index < -0.39 is 0 Å². The SMILES string of the molecule is O=C(CSc1ccc(NC(=O)Nc2ccccc2)cc1)Nc1nc(-c2ccc(Cl)cc2Cl)cs1. The first-order valence-corrected chi connectivity index (χ1v) is 12.6. The molecule has 4 rings (SSSR count). The van der Waals surface area contributed by atoms with E-state index in [1.807, 2.05) is 47.8 Å². The molecule has 0 saturated carbocycles. The summed E-state index contributed by atoms with van der Waals surface area (Å²) in [6, 6.07) is 21.3. The van der Waals surface area contributed by atoms with E-state index in [-0.39, 0.29) is 17.7 Å². The Morgan fingerprint density at radius 1 is 0.882 bits per heavy atom. The van der Waals surface area contributed by atoms with Crippen LogP contribution in [0.15, 0.2) is 83.1 Å². The van der Waals surface area contributed by atoms with Crippen molar-refractivity contribution in [2.45, 2.75) is 4.90 Å². The molecule has 0 aliphatic carbocycles. The molecule has 0 spiro atoms. The largest absolute Gasteiger partial charge is 0.323 e. The molecule has 0 atom stereocenters. The maximum absolute atomic E-state index is 12.4. The molecule has 0 aliphatic heterocycles. The van der Waals surface area contributed by atoms with E-state index in [0.29, 0.717) is 32.2 Å². The Kier molecular flexibility index (Phi) is 8.08. The fraction of sp³-hybridized carbons (Fsp3) is 0.0417. The monoisotopic (exact) mass is 528 g/mol. The summed E-state index contributed by atoms with van der Waals surface area (Å²) in [6.45, 7) is 0. The maximum atomic E-state index is 12.4. The Bertz CT molecular complexity index is 1300. The van der Waals surface area contributed by atoms with Crippen LogP contribution < -0.4 is 16.0 Å². The van der Waals surface area contributed by atoms with Crippen molar-refractivity contribution >= 4 is 74.7 Å². The summed E-state index contributed by atoms with van der Waals surface area (Å²) < 4.78 is 0. The summed E-state index contributed by atoms with van der Waals surface area (Å²) >= 11 is 14.9. The number of halogens is 2. The molecule has 1 heterocycles. The highest BCUT2D eigenvalue weighted by Gasteiger charge is 2.11. The van der Waals surface area contributed by atoms with Crippen molar-refractivity contribution in [3.8, 4) is 11.3 Å². The van der Waals surface area contributed by atoms with Gasteiger partial charge in [-0.3, -0.25) is 4.79 Å². The molecule has 0 saturated heterocycles. The van der Waals surface area contributed by atoms with E-state index in [0.717, 1.165) is 10.5 Å². The molecule has 10 heteroatoms. The molecule has 0 radical (unpaired) electrons. The highest BCUT2D eigenvalue weighted by molar-refractivity contribution is 8.00. The molecular weight excluding hydrogens is 511 g/mol. The number of rotatable bonds is 7. The molecular formula is C24H18Cl2N4O2S2. The third kappa shape index (κ3) is 6.74. The Labute approximate surface area is 214 Å². The third-order valence-corrected chi connectivity index (χ3v) is 6.79. The molecule has 34 heavy (non-hydrogen) atoms. The molecule has 172 valence electrons. The summed E-state index contributed by atoms with van der Waals surface area (Å²) in [6.07, 6.45) is 0. The van der Waals surface area contributed by atoms with Crippen LogP contribution in [0.4, 0.5) is 21.3 Å². The lowest BCUT2D eigenvalue weighted by Gasteiger charge is -2.08. The second kappa shape index (κ2) is 11.4. The van der Waals surface area contributed by atoms with E-state index >= 15 is 0 Å². The van der Waals surface area contributed by atoms with Crippen molar-refractivity contribution in [1.29, 1.82) is 0 Å². The number of para-hydroxylation sites is 1. The second-order valence-electron chi connectivity index (χ2n) is 6.97. The number of anilines is 3. The number of carbonyl (C=O) groups is 2. The van der Waals surface area contributed by atoms with E-state index in [1.165, 1.54) is 23.1 Å². The van der Waals surface area contributed by atoms with Crippen LogP contribution in [0.25, 0.3) is 11.3 Å². The number of amides is 3. The number of nitrogens with one attached hydrogen (secondary N) is 3. The van der Waals surface area contributed by atoms with Crippen LogP contribution in [0.5, 0.6) is 0 Å². The van der Waals surface area contributed by atoms with Crippen LogP contribution in [-0.4, -0.2) is 22.7 Å². The molecule has 0 unspecified atom stereocenters. The Morgan fingerprint density at radius 2 is 1.59 bits per heavy atom.